The molecule has 3 rings (SSSR count). The molecule has 0 atom stereocenters. The van der Waals surface area contributed by atoms with Crippen LogP contribution in [-0.2, 0) is 0 Å². The molecule has 0 aliphatic carbocycles. The molecule has 0 saturated heterocycles. The van der Waals surface area contributed by atoms with E-state index in [0.29, 0.717) is 0 Å². The lowest BCUT2D eigenvalue weighted by Crippen LogP contribution is -2.10. The molecule has 0 N–H and O–H groups in total. The summed E-state index contributed by atoms with van der Waals surface area (Å²) in [5, 5.41) is 0. The Labute approximate surface area is 175 Å². The first-order chi connectivity index (χ1) is 15.3. The molecular weight excluding hydrogens is 487 g/mol. The van der Waals surface area contributed by atoms with Crippen LogP contribution in [0.1, 0.15) is 13.8 Å². The Hall–Kier alpha value is -3.25. The molecule has 0 spiro atoms. The van der Waals surface area contributed by atoms with Crippen molar-refractivity contribution in [3.63, 3.8) is 0 Å². The predicted octanol–water partition coefficient (Wildman–Crippen LogP) is 7.86. The first-order valence-corrected chi connectivity index (χ1v) is 8.53. The van der Waals surface area contributed by atoms with Gasteiger partial charge in [-0.25, -0.2) is 57.1 Å². The summed E-state index contributed by atoms with van der Waals surface area (Å²) in [6.07, 6.45) is 0. The van der Waals surface area contributed by atoms with Crippen LogP contribution in [0.5, 0.6) is 0 Å². The van der Waals surface area contributed by atoms with E-state index in [2.05, 4.69) is 0 Å². The highest BCUT2D eigenvalue weighted by atomic mass is 19.2. The number of hydrogen-bond donors (Lipinski definition) is 0. The van der Waals surface area contributed by atoms with Gasteiger partial charge in [0, 0.05) is 6.07 Å². The molecule has 0 fully saturated rings. The smallest absolute Gasteiger partial charge is 0.200 e. The molecule has 0 amide bonds. The fourth-order valence-corrected chi connectivity index (χ4v) is 2.70. The van der Waals surface area contributed by atoms with Gasteiger partial charge in [0.05, 0.1) is 22.3 Å². The zero-order chi connectivity index (χ0) is 25.5. The maximum Gasteiger partial charge on any atom is 0.200 e. The zero-order valence-electron chi connectivity index (χ0n) is 16.0. The first kappa shape index (κ1) is 26.0. The lowest BCUT2D eigenvalue weighted by Gasteiger charge is -2.15. The normalized spacial score (nSPS) is 10.9. The van der Waals surface area contributed by atoms with E-state index in [9.17, 15) is 57.1 Å². The van der Waals surface area contributed by atoms with E-state index in [0.717, 1.165) is 0 Å². The van der Waals surface area contributed by atoms with Crippen molar-refractivity contribution in [3.8, 4) is 22.3 Å². The second kappa shape index (κ2) is 9.32. The summed E-state index contributed by atoms with van der Waals surface area (Å²) < 4.78 is 179. The third-order valence-electron chi connectivity index (χ3n) is 4.09. The first-order valence-electron chi connectivity index (χ1n) is 8.53. The van der Waals surface area contributed by atoms with Gasteiger partial charge < -0.3 is 0 Å². The summed E-state index contributed by atoms with van der Waals surface area (Å²) in [6.45, 7) is 4.00. The molecule has 3 aromatic carbocycles. The molecule has 0 heterocycles. The second-order valence-electron chi connectivity index (χ2n) is 5.79. The SMILES string of the molecule is CC.Fc1cc(F)c(-c2c(F)c(F)c(F)c(F)c2F)c(F)c1-c1c(F)c(F)c(F)c(F)c1F. The van der Waals surface area contributed by atoms with Crippen LogP contribution in [-0.4, -0.2) is 0 Å². The van der Waals surface area contributed by atoms with Crippen molar-refractivity contribution in [2.45, 2.75) is 13.8 Å². The van der Waals surface area contributed by atoms with Crippen LogP contribution in [0, 0.1) is 75.6 Å². The second-order valence-corrected chi connectivity index (χ2v) is 5.79. The molecular formula is C20H7F13. The lowest BCUT2D eigenvalue weighted by molar-refractivity contribution is 0.379. The summed E-state index contributed by atoms with van der Waals surface area (Å²) in [6, 6.07) is -0.510. The van der Waals surface area contributed by atoms with Gasteiger partial charge in [0.25, 0.3) is 0 Å². The van der Waals surface area contributed by atoms with Gasteiger partial charge in [-0.05, 0) is 0 Å². The lowest BCUT2D eigenvalue weighted by atomic mass is 9.94. The standard InChI is InChI=1S/C18HF13.C2H6/c19-2-1-3(20)5(7-11(24)15(28)18(31)16(29)12(7)25)8(21)4(2)6-9(22)13(26)17(30)14(27)10(6)23;1-2/h1H;1-2H3. The molecule has 0 bridgehead atoms. The van der Waals surface area contributed by atoms with Crippen LogP contribution >= 0.6 is 0 Å². The van der Waals surface area contributed by atoms with Gasteiger partial charge in [-0.1, -0.05) is 13.8 Å². The van der Waals surface area contributed by atoms with Crippen LogP contribution in [0.3, 0.4) is 0 Å². The Morgan fingerprint density at radius 1 is 0.303 bits per heavy atom. The van der Waals surface area contributed by atoms with E-state index in [-0.39, 0.29) is 0 Å². The molecule has 0 aromatic heterocycles. The fourth-order valence-electron chi connectivity index (χ4n) is 2.70. The molecule has 0 radical (unpaired) electrons. The van der Waals surface area contributed by atoms with Gasteiger partial charge in [0.1, 0.15) is 17.5 Å². The summed E-state index contributed by atoms with van der Waals surface area (Å²) in [5.41, 5.74) is -9.05. The van der Waals surface area contributed by atoms with Crippen LogP contribution in [0.4, 0.5) is 57.1 Å². The number of benzene rings is 3. The average molecular weight is 494 g/mol. The van der Waals surface area contributed by atoms with Crippen LogP contribution in [0.25, 0.3) is 22.3 Å². The summed E-state index contributed by atoms with van der Waals surface area (Å²) in [4.78, 5) is 0. The monoisotopic (exact) mass is 494 g/mol. The molecule has 33 heavy (non-hydrogen) atoms. The topological polar surface area (TPSA) is 0 Å². The van der Waals surface area contributed by atoms with Gasteiger partial charge in [0.2, 0.25) is 11.6 Å². The fraction of sp³-hybridized carbons (Fsp3) is 0.100. The minimum atomic E-state index is -2.77. The molecule has 0 saturated carbocycles. The summed E-state index contributed by atoms with van der Waals surface area (Å²) in [7, 11) is 0. The third kappa shape index (κ3) is 3.89. The predicted molar refractivity (Wildman–Crippen MR) is 88.1 cm³/mol. The quantitative estimate of drug-likeness (QED) is 0.193. The molecule has 0 aliphatic rings. The highest BCUT2D eigenvalue weighted by Crippen LogP contribution is 2.41. The molecule has 0 nitrogen and oxygen atoms in total. The van der Waals surface area contributed by atoms with Crippen molar-refractivity contribution in [2.24, 2.45) is 0 Å². The van der Waals surface area contributed by atoms with Crippen LogP contribution < -0.4 is 0 Å². The Bertz CT molecular complexity index is 1110. The van der Waals surface area contributed by atoms with Gasteiger partial charge >= 0.3 is 0 Å². The van der Waals surface area contributed by atoms with Gasteiger partial charge in [-0.2, -0.15) is 0 Å². The van der Waals surface area contributed by atoms with E-state index in [1.54, 1.807) is 0 Å². The average Bonchev–Trinajstić information content (AvgIpc) is 2.79. The van der Waals surface area contributed by atoms with Gasteiger partial charge in [0.15, 0.2) is 46.5 Å². The van der Waals surface area contributed by atoms with Gasteiger partial charge in [-0.3, -0.25) is 0 Å². The van der Waals surface area contributed by atoms with E-state index in [1.807, 2.05) is 13.8 Å². The van der Waals surface area contributed by atoms with Crippen molar-refractivity contribution in [3.05, 3.63) is 81.7 Å². The zero-order valence-corrected chi connectivity index (χ0v) is 16.0. The molecule has 3 aromatic rings. The van der Waals surface area contributed by atoms with Crippen molar-refractivity contribution >= 4 is 0 Å². The maximum atomic E-state index is 14.8. The van der Waals surface area contributed by atoms with E-state index >= 15 is 0 Å². The summed E-state index contributed by atoms with van der Waals surface area (Å²) in [5.74, 6) is -34.8. The molecule has 13 heteroatoms. The Balaban J connectivity index is 0.00000187. The molecule has 0 aliphatic heterocycles. The Morgan fingerprint density at radius 3 is 0.758 bits per heavy atom. The van der Waals surface area contributed by atoms with Crippen LogP contribution in [0.15, 0.2) is 6.07 Å². The molecule has 178 valence electrons. The van der Waals surface area contributed by atoms with E-state index in [1.165, 1.54) is 0 Å². The Kier molecular flexibility index (Phi) is 7.34. The van der Waals surface area contributed by atoms with Crippen molar-refractivity contribution < 1.29 is 57.1 Å². The van der Waals surface area contributed by atoms with E-state index in [4.69, 9.17) is 0 Å². The Morgan fingerprint density at radius 2 is 0.515 bits per heavy atom. The molecule has 0 unspecified atom stereocenters. The van der Waals surface area contributed by atoms with Crippen molar-refractivity contribution in [1.29, 1.82) is 0 Å². The van der Waals surface area contributed by atoms with E-state index < -0.39 is 104 Å². The minimum absolute atomic E-state index is 0.510. The van der Waals surface area contributed by atoms with Crippen molar-refractivity contribution in [1.82, 2.24) is 0 Å². The van der Waals surface area contributed by atoms with Crippen molar-refractivity contribution in [2.75, 3.05) is 0 Å². The highest BCUT2D eigenvalue weighted by molar-refractivity contribution is 5.76. The maximum absolute atomic E-state index is 14.8. The number of hydrogen-bond acceptors (Lipinski definition) is 0. The van der Waals surface area contributed by atoms with Gasteiger partial charge in [-0.15, -0.1) is 0 Å². The number of rotatable bonds is 2. The number of halogens is 13. The largest absolute Gasteiger partial charge is 0.206 e. The van der Waals surface area contributed by atoms with Crippen LogP contribution in [0.2, 0.25) is 0 Å². The highest BCUT2D eigenvalue weighted by Gasteiger charge is 2.35. The minimum Gasteiger partial charge on any atom is -0.206 e. The summed E-state index contributed by atoms with van der Waals surface area (Å²) >= 11 is 0. The third-order valence-corrected chi connectivity index (χ3v) is 4.09.